The lowest BCUT2D eigenvalue weighted by Gasteiger charge is -2.24. The number of anilines is 1. The molecule has 0 amide bonds. The van der Waals surface area contributed by atoms with E-state index in [0.717, 1.165) is 16.8 Å². The quantitative estimate of drug-likeness (QED) is 0.925. The van der Waals surface area contributed by atoms with Gasteiger partial charge in [0, 0.05) is 37.2 Å². The summed E-state index contributed by atoms with van der Waals surface area (Å²) in [4.78, 5) is 6.02. The molecule has 4 heteroatoms. The first kappa shape index (κ1) is 14.0. The van der Waals surface area contributed by atoms with Gasteiger partial charge in [-0.05, 0) is 36.8 Å². The van der Waals surface area contributed by atoms with Crippen LogP contribution in [0.1, 0.15) is 29.7 Å². The van der Waals surface area contributed by atoms with Crippen molar-refractivity contribution in [1.82, 2.24) is 4.98 Å². The van der Waals surface area contributed by atoms with Crippen LogP contribution in [-0.2, 0) is 6.54 Å². The number of nitriles is 1. The van der Waals surface area contributed by atoms with Gasteiger partial charge < -0.3 is 10.0 Å². The second kappa shape index (κ2) is 6.18. The molecule has 1 aromatic carbocycles. The highest BCUT2D eigenvalue weighted by Crippen LogP contribution is 2.27. The van der Waals surface area contributed by atoms with Crippen molar-refractivity contribution in [1.29, 1.82) is 5.26 Å². The van der Waals surface area contributed by atoms with Gasteiger partial charge in [0.15, 0.2) is 0 Å². The van der Waals surface area contributed by atoms with Gasteiger partial charge >= 0.3 is 0 Å². The van der Waals surface area contributed by atoms with Crippen molar-refractivity contribution >= 4 is 5.69 Å². The van der Waals surface area contributed by atoms with E-state index in [2.05, 4.69) is 11.1 Å². The smallest absolute Gasteiger partial charge is 0.0992 e. The summed E-state index contributed by atoms with van der Waals surface area (Å²) in [6, 6.07) is 11.4. The average molecular weight is 267 g/mol. The molecule has 1 atom stereocenters. The Morgan fingerprint density at radius 2 is 2.00 bits per heavy atom. The van der Waals surface area contributed by atoms with Crippen LogP contribution in [0.4, 0.5) is 5.69 Å². The van der Waals surface area contributed by atoms with Gasteiger partial charge in [0.2, 0.25) is 0 Å². The Bertz CT molecular complexity index is 617. The number of benzene rings is 1. The lowest BCUT2D eigenvalue weighted by Crippen LogP contribution is -2.18. The monoisotopic (exact) mass is 267 g/mol. The Balaban J connectivity index is 2.32. The van der Waals surface area contributed by atoms with Gasteiger partial charge in [-0.15, -0.1) is 0 Å². The molecule has 1 N–H and O–H groups in total. The highest BCUT2D eigenvalue weighted by molar-refractivity contribution is 5.58. The summed E-state index contributed by atoms with van der Waals surface area (Å²) in [5.41, 5.74) is 3.41. The Hall–Kier alpha value is -2.38. The van der Waals surface area contributed by atoms with Crippen molar-refractivity contribution in [2.75, 3.05) is 11.9 Å². The van der Waals surface area contributed by atoms with Crippen molar-refractivity contribution in [2.24, 2.45) is 0 Å². The molecule has 0 aliphatic heterocycles. The van der Waals surface area contributed by atoms with E-state index in [4.69, 9.17) is 5.26 Å². The molecule has 1 aromatic heterocycles. The molecule has 0 aliphatic carbocycles. The third-order valence-electron chi connectivity index (χ3n) is 3.19. The van der Waals surface area contributed by atoms with E-state index in [-0.39, 0.29) is 0 Å². The highest BCUT2D eigenvalue weighted by atomic mass is 16.3. The maximum Gasteiger partial charge on any atom is 0.0992 e. The van der Waals surface area contributed by atoms with Crippen molar-refractivity contribution in [3.63, 3.8) is 0 Å². The Labute approximate surface area is 118 Å². The van der Waals surface area contributed by atoms with Gasteiger partial charge in [0.1, 0.15) is 0 Å². The summed E-state index contributed by atoms with van der Waals surface area (Å²) in [5, 5.41) is 18.9. The Kier molecular flexibility index (Phi) is 4.34. The molecular formula is C16H17N3O. The van der Waals surface area contributed by atoms with Crippen LogP contribution in [0.2, 0.25) is 0 Å². The zero-order valence-electron chi connectivity index (χ0n) is 11.6. The van der Waals surface area contributed by atoms with Gasteiger partial charge in [0.05, 0.1) is 17.7 Å². The molecule has 102 valence electrons. The summed E-state index contributed by atoms with van der Waals surface area (Å²) in [7, 11) is 1.95. The zero-order chi connectivity index (χ0) is 14.5. The third kappa shape index (κ3) is 3.14. The van der Waals surface area contributed by atoms with Crippen LogP contribution in [0.3, 0.4) is 0 Å². The van der Waals surface area contributed by atoms with Crippen LogP contribution in [0.15, 0.2) is 42.7 Å². The van der Waals surface area contributed by atoms with Crippen molar-refractivity contribution in [3.8, 4) is 6.07 Å². The molecule has 1 heterocycles. The molecule has 0 saturated carbocycles. The topological polar surface area (TPSA) is 60.1 Å². The minimum atomic E-state index is -0.572. The SMILES string of the molecule is C[C@@H](O)c1ccc(C#N)cc1N(C)Cc1ccncc1. The number of rotatable bonds is 4. The standard InChI is InChI=1S/C16H17N3O/c1-12(20)15-4-3-14(10-17)9-16(15)19(2)11-13-5-7-18-8-6-13/h3-9,12,20H,11H2,1-2H3/t12-/m1/s1. The van der Waals surface area contributed by atoms with Crippen LogP contribution in [0.25, 0.3) is 0 Å². The lowest BCUT2D eigenvalue weighted by atomic mass is 10.0. The molecule has 0 bridgehead atoms. The number of aliphatic hydroxyl groups excluding tert-OH is 1. The van der Waals surface area contributed by atoms with E-state index in [0.29, 0.717) is 12.1 Å². The molecular weight excluding hydrogens is 250 g/mol. The maximum absolute atomic E-state index is 9.86. The highest BCUT2D eigenvalue weighted by Gasteiger charge is 2.13. The van der Waals surface area contributed by atoms with Crippen molar-refractivity contribution < 1.29 is 5.11 Å². The van der Waals surface area contributed by atoms with Crippen LogP contribution < -0.4 is 4.90 Å². The van der Waals surface area contributed by atoms with Gasteiger partial charge in [-0.25, -0.2) is 0 Å². The summed E-state index contributed by atoms with van der Waals surface area (Å²) in [6.45, 7) is 2.42. The van der Waals surface area contributed by atoms with Gasteiger partial charge in [0.25, 0.3) is 0 Å². The predicted molar refractivity (Wildman–Crippen MR) is 78.1 cm³/mol. The molecule has 0 spiro atoms. The number of hydrogen-bond donors (Lipinski definition) is 1. The second-order valence-corrected chi connectivity index (χ2v) is 4.77. The summed E-state index contributed by atoms with van der Waals surface area (Å²) in [5.74, 6) is 0. The van der Waals surface area contributed by atoms with Gasteiger partial charge in [-0.3, -0.25) is 4.98 Å². The van der Waals surface area contributed by atoms with Crippen LogP contribution in [-0.4, -0.2) is 17.1 Å². The number of aliphatic hydroxyl groups is 1. The molecule has 0 saturated heterocycles. The number of nitrogens with zero attached hydrogens (tertiary/aromatic N) is 3. The van der Waals surface area contributed by atoms with Crippen LogP contribution >= 0.6 is 0 Å². The van der Waals surface area contributed by atoms with Crippen LogP contribution in [0, 0.1) is 11.3 Å². The lowest BCUT2D eigenvalue weighted by molar-refractivity contribution is 0.199. The summed E-state index contributed by atoms with van der Waals surface area (Å²) >= 11 is 0. The van der Waals surface area contributed by atoms with E-state index in [1.54, 1.807) is 25.4 Å². The Morgan fingerprint density at radius 1 is 1.30 bits per heavy atom. The van der Waals surface area contributed by atoms with E-state index < -0.39 is 6.10 Å². The van der Waals surface area contributed by atoms with Gasteiger partial charge in [-0.2, -0.15) is 5.26 Å². The van der Waals surface area contributed by atoms with E-state index in [1.165, 1.54) is 0 Å². The average Bonchev–Trinajstić information content (AvgIpc) is 2.47. The molecule has 20 heavy (non-hydrogen) atoms. The fourth-order valence-corrected chi connectivity index (χ4v) is 2.14. The zero-order valence-corrected chi connectivity index (χ0v) is 11.6. The first-order chi connectivity index (χ1) is 9.61. The molecule has 0 radical (unpaired) electrons. The number of hydrogen-bond acceptors (Lipinski definition) is 4. The third-order valence-corrected chi connectivity index (χ3v) is 3.19. The largest absolute Gasteiger partial charge is 0.389 e. The maximum atomic E-state index is 9.86. The number of aromatic nitrogens is 1. The molecule has 2 rings (SSSR count). The van der Waals surface area contributed by atoms with E-state index in [1.807, 2.05) is 36.2 Å². The second-order valence-electron chi connectivity index (χ2n) is 4.77. The molecule has 0 aliphatic rings. The predicted octanol–water partition coefficient (Wildman–Crippen LogP) is 2.64. The summed E-state index contributed by atoms with van der Waals surface area (Å²) in [6.07, 6.45) is 2.94. The van der Waals surface area contributed by atoms with Crippen LogP contribution in [0.5, 0.6) is 0 Å². The minimum absolute atomic E-state index is 0.572. The van der Waals surface area contributed by atoms with Crippen molar-refractivity contribution in [2.45, 2.75) is 19.6 Å². The first-order valence-corrected chi connectivity index (χ1v) is 6.44. The fraction of sp³-hybridized carbons (Fsp3) is 0.250. The van der Waals surface area contributed by atoms with E-state index >= 15 is 0 Å². The number of pyridine rings is 1. The Morgan fingerprint density at radius 3 is 2.60 bits per heavy atom. The molecule has 0 fully saturated rings. The van der Waals surface area contributed by atoms with E-state index in [9.17, 15) is 5.11 Å². The van der Waals surface area contributed by atoms with Crippen molar-refractivity contribution in [3.05, 3.63) is 59.4 Å². The molecule has 4 nitrogen and oxygen atoms in total. The molecule has 0 unspecified atom stereocenters. The molecule has 2 aromatic rings. The minimum Gasteiger partial charge on any atom is -0.389 e. The normalized spacial score (nSPS) is 11.7. The summed E-state index contributed by atoms with van der Waals surface area (Å²) < 4.78 is 0. The fourth-order valence-electron chi connectivity index (χ4n) is 2.14. The first-order valence-electron chi connectivity index (χ1n) is 6.44. The van der Waals surface area contributed by atoms with Gasteiger partial charge in [-0.1, -0.05) is 6.07 Å².